The highest BCUT2D eigenvalue weighted by atomic mass is 19.4. The van der Waals surface area contributed by atoms with E-state index in [1.54, 1.807) is 20.8 Å². The van der Waals surface area contributed by atoms with Gasteiger partial charge in [0.05, 0.1) is 17.7 Å². The van der Waals surface area contributed by atoms with Crippen LogP contribution >= 0.6 is 0 Å². The van der Waals surface area contributed by atoms with Crippen molar-refractivity contribution in [3.05, 3.63) is 29.6 Å². The average Bonchev–Trinajstić information content (AvgIpc) is 2.51. The van der Waals surface area contributed by atoms with E-state index in [1.165, 1.54) is 23.2 Å². The van der Waals surface area contributed by atoms with Crippen molar-refractivity contribution in [3.63, 3.8) is 0 Å². The Balaban J connectivity index is 2.38. The van der Waals surface area contributed by atoms with Crippen LogP contribution in [0.1, 0.15) is 55.7 Å². The van der Waals surface area contributed by atoms with Gasteiger partial charge in [0, 0.05) is 18.3 Å². The number of halogens is 3. The van der Waals surface area contributed by atoms with Gasteiger partial charge in [-0.1, -0.05) is 0 Å². The van der Waals surface area contributed by atoms with Crippen LogP contribution in [0, 0.1) is 5.92 Å². The van der Waals surface area contributed by atoms with Gasteiger partial charge in [-0.15, -0.1) is 0 Å². The van der Waals surface area contributed by atoms with E-state index in [4.69, 9.17) is 4.74 Å². The second-order valence-corrected chi connectivity index (χ2v) is 7.05. The van der Waals surface area contributed by atoms with Gasteiger partial charge in [-0.2, -0.15) is 13.2 Å². The molecule has 0 aliphatic carbocycles. The lowest BCUT2D eigenvalue weighted by atomic mass is 9.87. The molecule has 0 bridgehead atoms. The van der Waals surface area contributed by atoms with Gasteiger partial charge in [0.25, 0.3) is 0 Å². The maximum Gasteiger partial charge on any atom is 0.410 e. The second-order valence-electron chi connectivity index (χ2n) is 7.05. The van der Waals surface area contributed by atoms with Gasteiger partial charge in [0.1, 0.15) is 5.60 Å². The lowest BCUT2D eigenvalue weighted by Gasteiger charge is -2.40. The zero-order chi connectivity index (χ0) is 18.8. The number of aldehydes is 1. The third-order valence-electron chi connectivity index (χ3n) is 4.01. The predicted molar refractivity (Wildman–Crippen MR) is 84.1 cm³/mol. The number of hydrogen-bond donors (Lipinski definition) is 0. The van der Waals surface area contributed by atoms with Gasteiger partial charge < -0.3 is 4.74 Å². The molecule has 0 saturated carbocycles. The number of nitrogens with zero attached hydrogens (tertiary/aromatic N) is 2. The molecule has 2 heterocycles. The fourth-order valence-electron chi connectivity index (χ4n) is 2.87. The number of hydrogen-bond acceptors (Lipinski definition) is 4. The Bertz CT molecular complexity index is 641. The first-order chi connectivity index (χ1) is 11.5. The number of ether oxygens (including phenoxy) is 1. The summed E-state index contributed by atoms with van der Waals surface area (Å²) in [5.74, 6) is -1.56. The van der Waals surface area contributed by atoms with E-state index in [0.29, 0.717) is 6.29 Å². The molecule has 1 aliphatic heterocycles. The molecular weight excluding hydrogens is 337 g/mol. The highest BCUT2D eigenvalue weighted by Gasteiger charge is 2.47. The molecule has 1 aromatic rings. The fourth-order valence-corrected chi connectivity index (χ4v) is 2.87. The van der Waals surface area contributed by atoms with Crippen molar-refractivity contribution in [1.29, 1.82) is 0 Å². The second kappa shape index (κ2) is 7.01. The van der Waals surface area contributed by atoms with Crippen LogP contribution in [0.3, 0.4) is 0 Å². The maximum atomic E-state index is 13.2. The molecular formula is C17H21F3N2O3. The molecule has 2 atom stereocenters. The summed E-state index contributed by atoms with van der Waals surface area (Å²) in [5, 5.41) is 0. The van der Waals surface area contributed by atoms with Crippen molar-refractivity contribution in [2.24, 2.45) is 5.92 Å². The van der Waals surface area contributed by atoms with E-state index < -0.39 is 29.8 Å². The molecule has 0 aromatic carbocycles. The number of carbonyl (C=O) groups excluding carboxylic acids is 2. The zero-order valence-corrected chi connectivity index (χ0v) is 14.3. The molecule has 0 radical (unpaired) electrons. The van der Waals surface area contributed by atoms with E-state index >= 15 is 0 Å². The summed E-state index contributed by atoms with van der Waals surface area (Å²) in [6.07, 6.45) is -3.70. The molecule has 138 valence electrons. The van der Waals surface area contributed by atoms with E-state index in [1.807, 2.05) is 0 Å². The van der Waals surface area contributed by atoms with Crippen LogP contribution in [0.5, 0.6) is 0 Å². The number of aromatic nitrogens is 1. The number of alkyl halides is 3. The van der Waals surface area contributed by atoms with Crippen molar-refractivity contribution < 1.29 is 27.5 Å². The third-order valence-corrected chi connectivity index (χ3v) is 4.01. The molecule has 1 fully saturated rings. The Morgan fingerprint density at radius 3 is 2.60 bits per heavy atom. The van der Waals surface area contributed by atoms with Crippen molar-refractivity contribution >= 4 is 12.4 Å². The number of piperidine rings is 1. The van der Waals surface area contributed by atoms with Gasteiger partial charge in [-0.3, -0.25) is 14.7 Å². The summed E-state index contributed by atoms with van der Waals surface area (Å²) in [6.45, 7) is 4.93. The highest BCUT2D eigenvalue weighted by molar-refractivity contribution is 5.77. The molecule has 0 N–H and O–H groups in total. The molecule has 1 saturated heterocycles. The number of rotatable bonds is 2. The van der Waals surface area contributed by atoms with Crippen LogP contribution in [0.25, 0.3) is 0 Å². The van der Waals surface area contributed by atoms with Gasteiger partial charge in [-0.25, -0.2) is 4.79 Å². The number of likely N-dealkylation sites (tertiary alicyclic amines) is 1. The molecule has 1 aliphatic rings. The van der Waals surface area contributed by atoms with Crippen molar-refractivity contribution in [1.82, 2.24) is 9.88 Å². The Kier molecular flexibility index (Phi) is 5.39. The summed E-state index contributed by atoms with van der Waals surface area (Å²) in [6, 6.07) is 2.03. The standard InChI is InChI=1S/C17H21F3N2O3/c1-16(2,3)25-15(24)22-8-6-12(17(18,19)20)9-13(22)14-11(10-23)5-4-7-21-14/h4-5,7,10,12-13H,6,8-9H2,1-3H3/t12-,13-/m1/s1. The Morgan fingerprint density at radius 2 is 2.04 bits per heavy atom. The first-order valence-corrected chi connectivity index (χ1v) is 7.99. The van der Waals surface area contributed by atoms with Crippen LogP contribution in [-0.4, -0.2) is 40.6 Å². The first-order valence-electron chi connectivity index (χ1n) is 7.99. The minimum atomic E-state index is -4.37. The monoisotopic (exact) mass is 358 g/mol. The van der Waals surface area contributed by atoms with E-state index in [0.717, 1.165) is 0 Å². The molecule has 0 spiro atoms. The first kappa shape index (κ1) is 19.2. The number of pyridine rings is 1. The SMILES string of the molecule is CC(C)(C)OC(=O)N1CC[C@@H](C(F)(F)F)C[C@@H]1c1ncccc1C=O. The Hall–Kier alpha value is -2.12. The topological polar surface area (TPSA) is 59.5 Å². The summed E-state index contributed by atoms with van der Waals surface area (Å²) >= 11 is 0. The molecule has 8 heteroatoms. The highest BCUT2D eigenvalue weighted by Crippen LogP contribution is 2.42. The van der Waals surface area contributed by atoms with E-state index in [2.05, 4.69) is 4.98 Å². The summed E-state index contributed by atoms with van der Waals surface area (Å²) in [7, 11) is 0. The molecule has 2 rings (SSSR count). The largest absolute Gasteiger partial charge is 0.444 e. The molecule has 0 unspecified atom stereocenters. The van der Waals surface area contributed by atoms with Crippen LogP contribution in [-0.2, 0) is 4.74 Å². The minimum absolute atomic E-state index is 0.112. The Morgan fingerprint density at radius 1 is 1.36 bits per heavy atom. The van der Waals surface area contributed by atoms with Crippen molar-refractivity contribution in [2.45, 2.75) is 51.4 Å². The maximum absolute atomic E-state index is 13.2. The average molecular weight is 358 g/mol. The summed E-state index contributed by atoms with van der Waals surface area (Å²) in [4.78, 5) is 29.0. The zero-order valence-electron chi connectivity index (χ0n) is 14.3. The quantitative estimate of drug-likeness (QED) is 0.746. The minimum Gasteiger partial charge on any atom is -0.444 e. The van der Waals surface area contributed by atoms with E-state index in [-0.39, 0.29) is 30.6 Å². The number of carbonyl (C=O) groups is 2. The normalized spacial score (nSPS) is 21.8. The Labute approximate surface area is 144 Å². The van der Waals surface area contributed by atoms with Crippen molar-refractivity contribution in [3.8, 4) is 0 Å². The van der Waals surface area contributed by atoms with E-state index in [9.17, 15) is 22.8 Å². The van der Waals surface area contributed by atoms with Crippen LogP contribution < -0.4 is 0 Å². The van der Waals surface area contributed by atoms with Gasteiger partial charge in [0.2, 0.25) is 0 Å². The van der Waals surface area contributed by atoms with Gasteiger partial charge in [0.15, 0.2) is 6.29 Å². The molecule has 25 heavy (non-hydrogen) atoms. The molecule has 1 aromatic heterocycles. The lowest BCUT2D eigenvalue weighted by molar-refractivity contribution is -0.189. The van der Waals surface area contributed by atoms with Crippen LogP contribution in [0.15, 0.2) is 18.3 Å². The van der Waals surface area contributed by atoms with Gasteiger partial charge in [-0.05, 0) is 45.7 Å². The summed E-state index contributed by atoms with van der Waals surface area (Å²) < 4.78 is 44.9. The summed E-state index contributed by atoms with van der Waals surface area (Å²) in [5.41, 5.74) is -0.443. The van der Waals surface area contributed by atoms with Crippen LogP contribution in [0.2, 0.25) is 0 Å². The smallest absolute Gasteiger partial charge is 0.410 e. The lowest BCUT2D eigenvalue weighted by Crippen LogP contribution is -2.46. The third kappa shape index (κ3) is 4.70. The van der Waals surface area contributed by atoms with Crippen LogP contribution in [0.4, 0.5) is 18.0 Å². The van der Waals surface area contributed by atoms with Crippen molar-refractivity contribution in [2.75, 3.05) is 6.54 Å². The molecule has 1 amide bonds. The fraction of sp³-hybridized carbons (Fsp3) is 0.588. The molecule has 5 nitrogen and oxygen atoms in total. The number of amides is 1. The predicted octanol–water partition coefficient (Wildman–Crippen LogP) is 4.14. The van der Waals surface area contributed by atoms with Gasteiger partial charge >= 0.3 is 12.3 Å².